The summed E-state index contributed by atoms with van der Waals surface area (Å²) in [5, 5.41) is 0. The average molecular weight is 357 g/mol. The lowest BCUT2D eigenvalue weighted by atomic mass is 10.1. The topological polar surface area (TPSA) is 125 Å². The molecule has 0 saturated carbocycles. The number of aromatic nitrogens is 1. The van der Waals surface area contributed by atoms with Crippen LogP contribution in [0.1, 0.15) is 26.4 Å². The molecule has 8 heteroatoms. The quantitative estimate of drug-likeness (QED) is 0.680. The molecule has 3 aromatic rings. The summed E-state index contributed by atoms with van der Waals surface area (Å²) in [6, 6.07) is 10.6. The summed E-state index contributed by atoms with van der Waals surface area (Å²) >= 11 is 0. The molecule has 0 aliphatic heterocycles. The zero-order valence-corrected chi connectivity index (χ0v) is 14.1. The molecule has 1 amide bonds. The van der Waals surface area contributed by atoms with Crippen molar-refractivity contribution in [1.82, 2.24) is 4.40 Å². The van der Waals surface area contributed by atoms with Gasteiger partial charge in [-0.25, -0.2) is 8.42 Å². The molecule has 0 unspecified atom stereocenters. The highest BCUT2D eigenvalue weighted by Gasteiger charge is 2.25. The fraction of sp³-hybridized carbons (Fsp3) is 0.0588. The molecule has 0 saturated heterocycles. The minimum absolute atomic E-state index is 0.00381. The fourth-order valence-corrected chi connectivity index (χ4v) is 3.34. The number of primary amides is 1. The van der Waals surface area contributed by atoms with Gasteiger partial charge >= 0.3 is 0 Å². The highest BCUT2D eigenvalue weighted by molar-refractivity contribution is 7.90. The Morgan fingerprint density at radius 1 is 1.04 bits per heavy atom. The van der Waals surface area contributed by atoms with E-state index >= 15 is 0 Å². The van der Waals surface area contributed by atoms with Gasteiger partial charge < -0.3 is 15.9 Å². The van der Waals surface area contributed by atoms with Gasteiger partial charge in [-0.15, -0.1) is 0 Å². The molecule has 1 aromatic carbocycles. The molecule has 0 aliphatic rings. The smallest absolute Gasteiger partial charge is 0.253 e. The number of fused-ring (bicyclic) bond motifs is 1. The van der Waals surface area contributed by atoms with Crippen LogP contribution in [0.2, 0.25) is 0 Å². The van der Waals surface area contributed by atoms with E-state index in [2.05, 4.69) is 0 Å². The van der Waals surface area contributed by atoms with Crippen molar-refractivity contribution in [2.75, 3.05) is 12.0 Å². The van der Waals surface area contributed by atoms with Crippen molar-refractivity contribution in [3.05, 3.63) is 65.5 Å². The number of anilines is 1. The molecule has 7 nitrogen and oxygen atoms in total. The summed E-state index contributed by atoms with van der Waals surface area (Å²) in [6.07, 6.45) is 2.69. The van der Waals surface area contributed by atoms with Gasteiger partial charge in [-0.3, -0.25) is 9.59 Å². The SMILES string of the molecule is CS(=O)(=O)c1ccc(C(=O)c2c(N)c(C(N)=O)c3ccccn23)cc1. The summed E-state index contributed by atoms with van der Waals surface area (Å²) in [5.41, 5.74) is 12.3. The van der Waals surface area contributed by atoms with Gasteiger partial charge in [0, 0.05) is 18.0 Å². The molecule has 0 bridgehead atoms. The number of nitrogens with two attached hydrogens (primary N) is 2. The van der Waals surface area contributed by atoms with Crippen LogP contribution in [0.4, 0.5) is 5.69 Å². The molecule has 25 heavy (non-hydrogen) atoms. The number of carbonyl (C=O) groups is 2. The summed E-state index contributed by atoms with van der Waals surface area (Å²) in [4.78, 5) is 24.7. The number of ketones is 1. The van der Waals surface area contributed by atoms with Crippen molar-refractivity contribution < 1.29 is 18.0 Å². The lowest BCUT2D eigenvalue weighted by molar-refractivity contribution is 0.100. The molecular formula is C17H15N3O4S. The second-order valence-electron chi connectivity index (χ2n) is 5.58. The van der Waals surface area contributed by atoms with Gasteiger partial charge in [-0.2, -0.15) is 0 Å². The van der Waals surface area contributed by atoms with Crippen LogP contribution < -0.4 is 11.5 Å². The number of hydrogen-bond donors (Lipinski definition) is 2. The van der Waals surface area contributed by atoms with Crippen LogP contribution in [0.3, 0.4) is 0 Å². The minimum Gasteiger partial charge on any atom is -0.396 e. The third-order valence-electron chi connectivity index (χ3n) is 3.89. The molecule has 0 fully saturated rings. The second-order valence-corrected chi connectivity index (χ2v) is 7.60. The third kappa shape index (κ3) is 2.76. The van der Waals surface area contributed by atoms with E-state index in [-0.39, 0.29) is 27.4 Å². The van der Waals surface area contributed by atoms with Gasteiger partial charge in [0.1, 0.15) is 5.69 Å². The summed E-state index contributed by atoms with van der Waals surface area (Å²) in [6.45, 7) is 0. The first-order chi connectivity index (χ1) is 11.7. The number of pyridine rings is 1. The number of nitrogens with zero attached hydrogens (tertiary/aromatic N) is 1. The number of carbonyl (C=O) groups excluding carboxylic acids is 2. The van der Waals surface area contributed by atoms with E-state index in [9.17, 15) is 18.0 Å². The van der Waals surface area contributed by atoms with Crippen LogP contribution in [0, 0.1) is 0 Å². The van der Waals surface area contributed by atoms with E-state index < -0.39 is 21.5 Å². The zero-order valence-electron chi connectivity index (χ0n) is 13.3. The van der Waals surface area contributed by atoms with Crippen LogP contribution >= 0.6 is 0 Å². The Bertz CT molecular complexity index is 1110. The van der Waals surface area contributed by atoms with Crippen LogP contribution in [0.5, 0.6) is 0 Å². The molecule has 2 heterocycles. The Labute approximate surface area is 143 Å². The zero-order chi connectivity index (χ0) is 18.4. The largest absolute Gasteiger partial charge is 0.396 e. The molecule has 2 aromatic heterocycles. The number of benzene rings is 1. The number of amides is 1. The van der Waals surface area contributed by atoms with Crippen molar-refractivity contribution in [2.24, 2.45) is 5.73 Å². The van der Waals surface area contributed by atoms with Crippen molar-refractivity contribution in [2.45, 2.75) is 4.90 Å². The first kappa shape index (κ1) is 16.7. The van der Waals surface area contributed by atoms with Gasteiger partial charge in [0.05, 0.1) is 21.7 Å². The van der Waals surface area contributed by atoms with Gasteiger partial charge in [-0.05, 0) is 36.4 Å². The molecule has 0 radical (unpaired) electrons. The summed E-state index contributed by atoms with van der Waals surface area (Å²) in [7, 11) is -3.36. The van der Waals surface area contributed by atoms with E-state index in [0.29, 0.717) is 5.52 Å². The highest BCUT2D eigenvalue weighted by atomic mass is 32.2. The molecule has 0 aliphatic carbocycles. The normalized spacial score (nSPS) is 11.6. The number of hydrogen-bond acceptors (Lipinski definition) is 5. The van der Waals surface area contributed by atoms with Crippen LogP contribution in [-0.4, -0.2) is 30.8 Å². The highest BCUT2D eigenvalue weighted by Crippen LogP contribution is 2.28. The Balaban J connectivity index is 2.18. The molecule has 0 spiro atoms. The van der Waals surface area contributed by atoms with Crippen molar-refractivity contribution >= 4 is 32.7 Å². The fourth-order valence-electron chi connectivity index (χ4n) is 2.71. The van der Waals surface area contributed by atoms with Crippen LogP contribution in [-0.2, 0) is 9.84 Å². The first-order valence-electron chi connectivity index (χ1n) is 7.25. The molecule has 4 N–H and O–H groups in total. The van der Waals surface area contributed by atoms with Gasteiger partial charge in [-0.1, -0.05) is 6.07 Å². The van der Waals surface area contributed by atoms with E-state index in [1.165, 1.54) is 28.7 Å². The lowest BCUT2D eigenvalue weighted by Crippen LogP contribution is -2.13. The molecular weight excluding hydrogens is 342 g/mol. The first-order valence-corrected chi connectivity index (χ1v) is 9.14. The number of sulfone groups is 1. The Kier molecular flexibility index (Phi) is 3.84. The van der Waals surface area contributed by atoms with E-state index in [1.807, 2.05) is 0 Å². The maximum Gasteiger partial charge on any atom is 0.253 e. The van der Waals surface area contributed by atoms with E-state index in [4.69, 9.17) is 11.5 Å². The van der Waals surface area contributed by atoms with Crippen molar-refractivity contribution in [3.8, 4) is 0 Å². The van der Waals surface area contributed by atoms with Gasteiger partial charge in [0.25, 0.3) is 5.91 Å². The Morgan fingerprint density at radius 2 is 1.68 bits per heavy atom. The van der Waals surface area contributed by atoms with Crippen molar-refractivity contribution in [3.63, 3.8) is 0 Å². The summed E-state index contributed by atoms with van der Waals surface area (Å²) in [5.74, 6) is -1.17. The summed E-state index contributed by atoms with van der Waals surface area (Å²) < 4.78 is 24.6. The lowest BCUT2D eigenvalue weighted by Gasteiger charge is -2.05. The average Bonchev–Trinajstić information content (AvgIpc) is 2.85. The predicted octanol–water partition coefficient (Wildman–Crippen LogP) is 1.25. The predicted molar refractivity (Wildman–Crippen MR) is 93.3 cm³/mol. The second kappa shape index (κ2) is 5.75. The van der Waals surface area contributed by atoms with Gasteiger partial charge in [0.15, 0.2) is 9.84 Å². The number of nitrogen functional groups attached to an aromatic ring is 1. The monoisotopic (exact) mass is 357 g/mol. The number of rotatable bonds is 4. The Hall–Kier alpha value is -3.13. The van der Waals surface area contributed by atoms with Crippen LogP contribution in [0.25, 0.3) is 5.52 Å². The van der Waals surface area contributed by atoms with E-state index in [0.717, 1.165) is 6.26 Å². The molecule has 128 valence electrons. The van der Waals surface area contributed by atoms with Crippen molar-refractivity contribution in [1.29, 1.82) is 0 Å². The maximum absolute atomic E-state index is 12.9. The van der Waals surface area contributed by atoms with E-state index in [1.54, 1.807) is 24.4 Å². The van der Waals surface area contributed by atoms with Crippen LogP contribution in [0.15, 0.2) is 53.6 Å². The standard InChI is InChI=1S/C17H15N3O4S/c1-25(23,24)11-7-5-10(6-8-11)16(21)15-14(18)13(17(19)22)12-4-2-3-9-20(12)15/h2-9H,18H2,1H3,(H2,19,22). The maximum atomic E-state index is 12.9. The minimum atomic E-state index is -3.36. The molecule has 0 atom stereocenters. The Morgan fingerprint density at radius 3 is 2.24 bits per heavy atom. The molecule has 3 rings (SSSR count). The van der Waals surface area contributed by atoms with Gasteiger partial charge in [0.2, 0.25) is 5.78 Å². The third-order valence-corrected chi connectivity index (χ3v) is 5.02.